The Morgan fingerprint density at radius 3 is 2.70 bits per heavy atom. The molecule has 1 saturated carbocycles. The van der Waals surface area contributed by atoms with Crippen molar-refractivity contribution in [1.29, 1.82) is 0 Å². The highest BCUT2D eigenvalue weighted by atomic mass is 35.5. The molecule has 0 saturated heterocycles. The molecule has 1 fully saturated rings. The van der Waals surface area contributed by atoms with Gasteiger partial charge in [0.15, 0.2) is 0 Å². The third-order valence-corrected chi connectivity index (χ3v) is 4.13. The van der Waals surface area contributed by atoms with Crippen molar-refractivity contribution in [3.63, 3.8) is 0 Å². The predicted molar refractivity (Wildman–Crippen MR) is 76.1 cm³/mol. The largest absolute Gasteiger partial charge is 0.481 e. The van der Waals surface area contributed by atoms with Crippen molar-refractivity contribution in [2.75, 3.05) is 6.54 Å². The molecule has 0 aliphatic heterocycles. The summed E-state index contributed by atoms with van der Waals surface area (Å²) >= 11 is 5.95. The van der Waals surface area contributed by atoms with Gasteiger partial charge in [-0.05, 0) is 32.3 Å². The lowest BCUT2D eigenvalue weighted by Gasteiger charge is -2.23. The van der Waals surface area contributed by atoms with E-state index < -0.39 is 11.4 Å². The van der Waals surface area contributed by atoms with Crippen LogP contribution in [0, 0.1) is 5.41 Å². The maximum absolute atomic E-state index is 12.2. The maximum atomic E-state index is 12.2. The summed E-state index contributed by atoms with van der Waals surface area (Å²) in [7, 11) is 0. The third kappa shape index (κ3) is 2.98. The van der Waals surface area contributed by atoms with E-state index in [9.17, 15) is 14.7 Å². The van der Waals surface area contributed by atoms with Crippen LogP contribution in [0.5, 0.6) is 0 Å². The zero-order chi connectivity index (χ0) is 14.9. The Kier molecular flexibility index (Phi) is 4.09. The summed E-state index contributed by atoms with van der Waals surface area (Å²) in [6.07, 6.45) is 4.30. The van der Waals surface area contributed by atoms with E-state index >= 15 is 0 Å². The third-order valence-electron chi connectivity index (χ3n) is 3.92. The second-order valence-corrected chi connectivity index (χ2v) is 6.02. The molecule has 1 atom stereocenters. The molecule has 0 bridgehead atoms. The van der Waals surface area contributed by atoms with Gasteiger partial charge in [-0.25, -0.2) is 0 Å². The highest BCUT2D eigenvalue weighted by molar-refractivity contribution is 6.31. The molecule has 1 heterocycles. The summed E-state index contributed by atoms with van der Waals surface area (Å²) < 4.78 is 1.88. The van der Waals surface area contributed by atoms with Crippen LogP contribution in [0.2, 0.25) is 5.02 Å². The van der Waals surface area contributed by atoms with E-state index in [0.717, 1.165) is 12.8 Å². The average Bonchev–Trinajstić information content (AvgIpc) is 3.18. The van der Waals surface area contributed by atoms with E-state index in [4.69, 9.17) is 11.6 Å². The average molecular weight is 299 g/mol. The van der Waals surface area contributed by atoms with E-state index in [1.807, 2.05) is 4.57 Å². The summed E-state index contributed by atoms with van der Waals surface area (Å²) in [4.78, 5) is 23.4. The molecule has 5 nitrogen and oxygen atoms in total. The molecule has 2 rings (SSSR count). The van der Waals surface area contributed by atoms with Crippen LogP contribution in [0.1, 0.15) is 49.6 Å². The summed E-state index contributed by atoms with van der Waals surface area (Å²) in [6.45, 7) is 3.53. The number of halogens is 1. The number of rotatable bonds is 6. The van der Waals surface area contributed by atoms with Gasteiger partial charge < -0.3 is 15.0 Å². The Morgan fingerprint density at radius 2 is 2.20 bits per heavy atom. The van der Waals surface area contributed by atoms with Crippen molar-refractivity contribution in [1.82, 2.24) is 9.88 Å². The summed E-state index contributed by atoms with van der Waals surface area (Å²) in [5.41, 5.74) is -0.447. The minimum atomic E-state index is -0.948. The second-order valence-electron chi connectivity index (χ2n) is 5.58. The van der Waals surface area contributed by atoms with Crippen LogP contribution < -0.4 is 5.32 Å². The summed E-state index contributed by atoms with van der Waals surface area (Å²) in [5, 5.41) is 12.4. The smallest absolute Gasteiger partial charge is 0.311 e. The minimum Gasteiger partial charge on any atom is -0.481 e. The van der Waals surface area contributed by atoms with Gasteiger partial charge in [0.25, 0.3) is 5.91 Å². The molecule has 0 radical (unpaired) electrons. The van der Waals surface area contributed by atoms with Gasteiger partial charge in [-0.1, -0.05) is 18.5 Å². The quantitative estimate of drug-likeness (QED) is 0.848. The number of hydrogen-bond acceptors (Lipinski definition) is 2. The Balaban J connectivity index is 2.07. The monoisotopic (exact) mass is 298 g/mol. The Hall–Kier alpha value is -1.49. The van der Waals surface area contributed by atoms with Gasteiger partial charge in [0, 0.05) is 18.8 Å². The first kappa shape index (κ1) is 14.9. The van der Waals surface area contributed by atoms with Gasteiger partial charge in [0.05, 0.1) is 10.4 Å². The van der Waals surface area contributed by atoms with E-state index in [1.165, 1.54) is 0 Å². The van der Waals surface area contributed by atoms with Crippen molar-refractivity contribution in [3.05, 3.63) is 23.0 Å². The molecule has 20 heavy (non-hydrogen) atoms. The lowest BCUT2D eigenvalue weighted by atomic mass is 9.88. The number of carboxylic acids is 1. The molecule has 0 spiro atoms. The molecular formula is C14H19ClN2O3. The predicted octanol–water partition coefficient (Wildman–Crippen LogP) is 2.71. The Morgan fingerprint density at radius 1 is 1.55 bits per heavy atom. The molecule has 1 aromatic rings. The standard InChI is InChI=1S/C14H19ClN2O3/c1-3-14(2,13(19)20)8-16-12(18)11-6-9(15)7-17(11)10-4-5-10/h6-7,10H,3-5,8H2,1-2H3,(H,16,18)(H,19,20). The number of aromatic nitrogens is 1. The van der Waals surface area contributed by atoms with Crippen molar-refractivity contribution in [3.8, 4) is 0 Å². The molecule has 0 aromatic carbocycles. The first-order valence-corrected chi connectivity index (χ1v) is 7.14. The van der Waals surface area contributed by atoms with Gasteiger partial charge in [-0.2, -0.15) is 0 Å². The fourth-order valence-electron chi connectivity index (χ4n) is 2.00. The zero-order valence-electron chi connectivity index (χ0n) is 11.6. The molecule has 6 heteroatoms. The molecule has 1 aromatic heterocycles. The van der Waals surface area contributed by atoms with E-state index in [2.05, 4.69) is 5.32 Å². The zero-order valence-corrected chi connectivity index (χ0v) is 12.4. The van der Waals surface area contributed by atoms with Crippen molar-refractivity contribution >= 4 is 23.5 Å². The van der Waals surface area contributed by atoms with E-state index in [0.29, 0.717) is 23.2 Å². The second kappa shape index (κ2) is 5.48. The van der Waals surface area contributed by atoms with Gasteiger partial charge >= 0.3 is 5.97 Å². The van der Waals surface area contributed by atoms with Gasteiger partial charge in [-0.3, -0.25) is 9.59 Å². The number of aliphatic carboxylic acids is 1. The number of amides is 1. The molecule has 1 aliphatic carbocycles. The molecule has 1 aliphatic rings. The van der Waals surface area contributed by atoms with Crippen LogP contribution in [0.15, 0.2) is 12.3 Å². The normalized spacial score (nSPS) is 17.6. The summed E-state index contributed by atoms with van der Waals surface area (Å²) in [6, 6.07) is 1.97. The molecule has 1 amide bonds. The van der Waals surface area contributed by atoms with Crippen LogP contribution >= 0.6 is 11.6 Å². The SMILES string of the molecule is CCC(C)(CNC(=O)c1cc(Cl)cn1C1CC1)C(=O)O. The van der Waals surface area contributed by atoms with Crippen LogP contribution in [0.4, 0.5) is 0 Å². The number of nitrogens with zero attached hydrogens (tertiary/aromatic N) is 1. The van der Waals surface area contributed by atoms with Gasteiger partial charge in [-0.15, -0.1) is 0 Å². The van der Waals surface area contributed by atoms with Gasteiger partial charge in [0.2, 0.25) is 0 Å². The lowest BCUT2D eigenvalue weighted by Crippen LogP contribution is -2.41. The van der Waals surface area contributed by atoms with Crippen LogP contribution in [0.25, 0.3) is 0 Å². The van der Waals surface area contributed by atoms with E-state index in [1.54, 1.807) is 26.1 Å². The number of carbonyl (C=O) groups excluding carboxylic acids is 1. The fraction of sp³-hybridized carbons (Fsp3) is 0.571. The minimum absolute atomic E-state index is 0.102. The topological polar surface area (TPSA) is 71.3 Å². The number of carbonyl (C=O) groups is 2. The lowest BCUT2D eigenvalue weighted by molar-refractivity contribution is -0.147. The summed E-state index contributed by atoms with van der Waals surface area (Å²) in [5.74, 6) is -1.18. The van der Waals surface area contributed by atoms with Gasteiger partial charge in [0.1, 0.15) is 5.69 Å². The molecule has 2 N–H and O–H groups in total. The van der Waals surface area contributed by atoms with Crippen LogP contribution in [-0.2, 0) is 4.79 Å². The van der Waals surface area contributed by atoms with Crippen molar-refractivity contribution in [2.24, 2.45) is 5.41 Å². The van der Waals surface area contributed by atoms with E-state index in [-0.39, 0.29) is 12.5 Å². The number of carboxylic acid groups (broad SMARTS) is 1. The molecule has 1 unspecified atom stereocenters. The highest BCUT2D eigenvalue weighted by Gasteiger charge is 2.33. The first-order valence-electron chi connectivity index (χ1n) is 6.76. The highest BCUT2D eigenvalue weighted by Crippen LogP contribution is 2.37. The first-order chi connectivity index (χ1) is 9.37. The maximum Gasteiger partial charge on any atom is 0.311 e. The Labute approximate surface area is 122 Å². The Bertz CT molecular complexity index is 537. The fourth-order valence-corrected chi connectivity index (χ4v) is 2.21. The van der Waals surface area contributed by atoms with Crippen LogP contribution in [-0.4, -0.2) is 28.1 Å². The number of hydrogen-bond donors (Lipinski definition) is 2. The molecular weight excluding hydrogens is 280 g/mol. The van der Waals surface area contributed by atoms with Crippen LogP contribution in [0.3, 0.4) is 0 Å². The number of nitrogens with one attached hydrogen (secondary N) is 1. The van der Waals surface area contributed by atoms with Crippen molar-refractivity contribution in [2.45, 2.75) is 39.2 Å². The van der Waals surface area contributed by atoms with Crippen molar-refractivity contribution < 1.29 is 14.7 Å². The molecule has 110 valence electrons.